The second-order valence-corrected chi connectivity index (χ2v) is 6.20. The number of pyridine rings is 1. The summed E-state index contributed by atoms with van der Waals surface area (Å²) < 4.78 is 1.37. The van der Waals surface area contributed by atoms with Crippen LogP contribution in [0.5, 0.6) is 0 Å². The highest BCUT2D eigenvalue weighted by atomic mass is 16.2. The topological polar surface area (TPSA) is 71.3 Å². The van der Waals surface area contributed by atoms with Crippen LogP contribution in [-0.2, 0) is 13.1 Å². The molecule has 0 atom stereocenters. The molecule has 0 saturated carbocycles. The van der Waals surface area contributed by atoms with Gasteiger partial charge in [0, 0.05) is 57.7 Å². The number of piperazine rings is 1. The first kappa shape index (κ1) is 17.3. The number of carbonyl (C=O) groups is 1. The summed E-state index contributed by atoms with van der Waals surface area (Å²) in [5, 5.41) is 4.22. The smallest absolute Gasteiger partial charge is 0.274 e. The number of hydrogen-bond acceptors (Lipinski definition) is 5. The fourth-order valence-corrected chi connectivity index (χ4v) is 2.95. The third kappa shape index (κ3) is 4.30. The largest absolute Gasteiger partial charge is 0.335 e. The SMILES string of the molecule is CCCn1nc(C(=O)N2CCN(Cc3ccncc3)CC2)ccc1=O. The van der Waals surface area contributed by atoms with E-state index < -0.39 is 0 Å². The van der Waals surface area contributed by atoms with Crippen molar-refractivity contribution in [3.63, 3.8) is 0 Å². The van der Waals surface area contributed by atoms with Crippen LogP contribution in [0.25, 0.3) is 0 Å². The van der Waals surface area contributed by atoms with Crippen molar-refractivity contribution in [2.45, 2.75) is 26.4 Å². The van der Waals surface area contributed by atoms with E-state index in [1.165, 1.54) is 22.4 Å². The van der Waals surface area contributed by atoms with E-state index in [1.807, 2.05) is 24.0 Å². The minimum atomic E-state index is -0.166. The third-order valence-corrected chi connectivity index (χ3v) is 4.34. The van der Waals surface area contributed by atoms with E-state index in [-0.39, 0.29) is 11.5 Å². The molecule has 1 fully saturated rings. The van der Waals surface area contributed by atoms with E-state index in [9.17, 15) is 9.59 Å². The lowest BCUT2D eigenvalue weighted by Crippen LogP contribution is -2.48. The van der Waals surface area contributed by atoms with Gasteiger partial charge in [-0.05, 0) is 30.2 Å². The molecule has 0 aliphatic carbocycles. The number of carbonyl (C=O) groups excluding carboxylic acids is 1. The minimum absolute atomic E-state index is 0.103. The lowest BCUT2D eigenvalue weighted by molar-refractivity contribution is 0.0620. The molecular formula is C18H23N5O2. The van der Waals surface area contributed by atoms with Gasteiger partial charge in [-0.3, -0.25) is 19.5 Å². The highest BCUT2D eigenvalue weighted by Crippen LogP contribution is 2.10. The van der Waals surface area contributed by atoms with Crippen molar-refractivity contribution >= 4 is 5.91 Å². The maximum atomic E-state index is 12.7. The molecule has 1 amide bonds. The number of hydrogen-bond donors (Lipinski definition) is 0. The second kappa shape index (κ2) is 8.02. The Balaban J connectivity index is 1.60. The first-order chi connectivity index (χ1) is 12.2. The molecule has 0 aromatic carbocycles. The summed E-state index contributed by atoms with van der Waals surface area (Å²) in [6, 6.07) is 6.98. The monoisotopic (exact) mass is 341 g/mol. The maximum absolute atomic E-state index is 12.7. The molecule has 2 aromatic rings. The van der Waals surface area contributed by atoms with Gasteiger partial charge in [-0.15, -0.1) is 0 Å². The average Bonchev–Trinajstić information content (AvgIpc) is 2.65. The van der Waals surface area contributed by atoms with Crippen molar-refractivity contribution in [1.82, 2.24) is 24.6 Å². The van der Waals surface area contributed by atoms with Crippen LogP contribution in [0.1, 0.15) is 29.4 Å². The van der Waals surface area contributed by atoms with Crippen molar-refractivity contribution in [3.8, 4) is 0 Å². The standard InChI is InChI=1S/C18H23N5O2/c1-2-9-23-17(24)4-3-16(20-23)18(25)22-12-10-21(11-13-22)14-15-5-7-19-8-6-15/h3-8H,2,9-14H2,1H3. The van der Waals surface area contributed by atoms with E-state index in [1.54, 1.807) is 12.4 Å². The van der Waals surface area contributed by atoms with Crippen molar-refractivity contribution in [1.29, 1.82) is 0 Å². The Kier molecular flexibility index (Phi) is 5.55. The van der Waals surface area contributed by atoms with E-state index >= 15 is 0 Å². The van der Waals surface area contributed by atoms with E-state index in [0.29, 0.717) is 25.3 Å². The first-order valence-electron chi connectivity index (χ1n) is 8.66. The molecule has 0 unspecified atom stereocenters. The normalized spacial score (nSPS) is 15.3. The highest BCUT2D eigenvalue weighted by Gasteiger charge is 2.23. The molecule has 7 nitrogen and oxygen atoms in total. The van der Waals surface area contributed by atoms with Crippen molar-refractivity contribution < 1.29 is 4.79 Å². The summed E-state index contributed by atoms with van der Waals surface area (Å²) >= 11 is 0. The number of rotatable bonds is 5. The van der Waals surface area contributed by atoms with Gasteiger partial charge >= 0.3 is 0 Å². The van der Waals surface area contributed by atoms with E-state index in [2.05, 4.69) is 15.0 Å². The Morgan fingerprint density at radius 2 is 1.80 bits per heavy atom. The molecule has 7 heteroatoms. The molecule has 0 bridgehead atoms. The predicted octanol–water partition coefficient (Wildman–Crippen LogP) is 1.01. The Morgan fingerprint density at radius 3 is 2.48 bits per heavy atom. The molecule has 1 aliphatic heterocycles. The molecule has 25 heavy (non-hydrogen) atoms. The van der Waals surface area contributed by atoms with E-state index in [4.69, 9.17) is 0 Å². The van der Waals surface area contributed by atoms with Crippen molar-refractivity contribution in [2.75, 3.05) is 26.2 Å². The van der Waals surface area contributed by atoms with Crippen LogP contribution in [0.3, 0.4) is 0 Å². The minimum Gasteiger partial charge on any atom is -0.335 e. The maximum Gasteiger partial charge on any atom is 0.274 e. The Hall–Kier alpha value is -2.54. The summed E-state index contributed by atoms with van der Waals surface area (Å²) in [4.78, 5) is 32.6. The van der Waals surface area contributed by atoms with Gasteiger partial charge < -0.3 is 4.90 Å². The number of aromatic nitrogens is 3. The zero-order chi connectivity index (χ0) is 17.6. The summed E-state index contributed by atoms with van der Waals surface area (Å²) in [5.41, 5.74) is 1.40. The average molecular weight is 341 g/mol. The van der Waals surface area contributed by atoms with Gasteiger partial charge in [0.15, 0.2) is 0 Å². The first-order valence-corrected chi connectivity index (χ1v) is 8.66. The Morgan fingerprint density at radius 1 is 1.08 bits per heavy atom. The van der Waals surface area contributed by atoms with E-state index in [0.717, 1.165) is 26.1 Å². The molecule has 1 saturated heterocycles. The summed E-state index contributed by atoms with van der Waals surface area (Å²) in [6.07, 6.45) is 4.40. The van der Waals surface area contributed by atoms with Gasteiger partial charge in [0.1, 0.15) is 5.69 Å². The zero-order valence-corrected chi connectivity index (χ0v) is 14.5. The number of aryl methyl sites for hydroxylation is 1. The Labute approximate surface area is 146 Å². The lowest BCUT2D eigenvalue weighted by Gasteiger charge is -2.34. The van der Waals surface area contributed by atoms with Crippen molar-refractivity contribution in [3.05, 3.63) is 58.3 Å². The second-order valence-electron chi connectivity index (χ2n) is 6.20. The fourth-order valence-electron chi connectivity index (χ4n) is 2.95. The molecule has 0 spiro atoms. The van der Waals surface area contributed by atoms with Crippen LogP contribution < -0.4 is 5.56 Å². The third-order valence-electron chi connectivity index (χ3n) is 4.34. The Bertz CT molecular complexity index is 767. The van der Waals surface area contributed by atoms with Crippen LogP contribution in [0.15, 0.2) is 41.5 Å². The predicted molar refractivity (Wildman–Crippen MR) is 94.2 cm³/mol. The van der Waals surface area contributed by atoms with Gasteiger partial charge in [-0.2, -0.15) is 5.10 Å². The molecule has 2 aromatic heterocycles. The molecule has 132 valence electrons. The summed E-state index contributed by atoms with van der Waals surface area (Å²) in [5.74, 6) is -0.103. The molecule has 0 radical (unpaired) electrons. The summed E-state index contributed by atoms with van der Waals surface area (Å²) in [6.45, 7) is 6.34. The number of amides is 1. The van der Waals surface area contributed by atoms with Crippen LogP contribution in [-0.4, -0.2) is 56.7 Å². The fraction of sp³-hybridized carbons (Fsp3) is 0.444. The lowest BCUT2D eigenvalue weighted by atomic mass is 10.2. The van der Waals surface area contributed by atoms with Crippen LogP contribution >= 0.6 is 0 Å². The molecular weight excluding hydrogens is 318 g/mol. The van der Waals surface area contributed by atoms with Gasteiger partial charge in [-0.1, -0.05) is 6.92 Å². The molecule has 1 aliphatic rings. The van der Waals surface area contributed by atoms with Crippen LogP contribution in [0.2, 0.25) is 0 Å². The van der Waals surface area contributed by atoms with Gasteiger partial charge in [-0.25, -0.2) is 4.68 Å². The summed E-state index contributed by atoms with van der Waals surface area (Å²) in [7, 11) is 0. The molecule has 3 rings (SSSR count). The number of nitrogens with zero attached hydrogens (tertiary/aromatic N) is 5. The van der Waals surface area contributed by atoms with Gasteiger partial charge in [0.05, 0.1) is 0 Å². The van der Waals surface area contributed by atoms with Crippen molar-refractivity contribution in [2.24, 2.45) is 0 Å². The van der Waals surface area contributed by atoms with Crippen LogP contribution in [0.4, 0.5) is 0 Å². The van der Waals surface area contributed by atoms with Crippen LogP contribution in [0, 0.1) is 0 Å². The quantitative estimate of drug-likeness (QED) is 0.812. The zero-order valence-electron chi connectivity index (χ0n) is 14.5. The van der Waals surface area contributed by atoms with Gasteiger partial charge in [0.25, 0.3) is 11.5 Å². The highest BCUT2D eigenvalue weighted by molar-refractivity contribution is 5.92. The van der Waals surface area contributed by atoms with Gasteiger partial charge in [0.2, 0.25) is 0 Å². The molecule has 3 heterocycles. The molecule has 0 N–H and O–H groups in total.